The number of methoxy groups -OCH3 is 1. The lowest BCUT2D eigenvalue weighted by Gasteiger charge is -2.06. The Morgan fingerprint density at radius 1 is 1.20 bits per heavy atom. The summed E-state index contributed by atoms with van der Waals surface area (Å²) < 4.78 is 6.11. The molecule has 0 heterocycles. The Hall–Kier alpha value is -1.81. The summed E-state index contributed by atoms with van der Waals surface area (Å²) in [6.45, 7) is 0. The van der Waals surface area contributed by atoms with Crippen LogP contribution < -0.4 is 10.1 Å². The first-order chi connectivity index (χ1) is 9.67. The highest BCUT2D eigenvalue weighted by Gasteiger charge is 2.04. The predicted octanol–water partition coefficient (Wildman–Crippen LogP) is 4.03. The first-order valence-electron chi connectivity index (χ1n) is 6.36. The van der Waals surface area contributed by atoms with Crippen LogP contribution in [-0.2, 0) is 11.2 Å². The molecule has 0 unspecified atom stereocenters. The fourth-order valence-electron chi connectivity index (χ4n) is 1.88. The molecule has 0 spiro atoms. The number of aryl methyl sites for hydroxylation is 1. The van der Waals surface area contributed by atoms with Crippen LogP contribution in [-0.4, -0.2) is 13.0 Å². The van der Waals surface area contributed by atoms with Crippen LogP contribution in [0.1, 0.15) is 12.0 Å². The summed E-state index contributed by atoms with van der Waals surface area (Å²) in [7, 11) is 1.64. The van der Waals surface area contributed by atoms with Gasteiger partial charge in [-0.2, -0.15) is 0 Å². The van der Waals surface area contributed by atoms with Gasteiger partial charge in [-0.25, -0.2) is 0 Å². The van der Waals surface area contributed by atoms with Crippen molar-refractivity contribution in [3.05, 3.63) is 58.6 Å². The Morgan fingerprint density at radius 2 is 2.00 bits per heavy atom. The van der Waals surface area contributed by atoms with E-state index < -0.39 is 0 Å². The number of halogens is 1. The summed E-state index contributed by atoms with van der Waals surface area (Å²) in [5, 5.41) is 2.88. The van der Waals surface area contributed by atoms with Gasteiger partial charge in [-0.05, 0) is 42.3 Å². The predicted molar refractivity (Wildman–Crippen MR) is 84.1 cm³/mol. The zero-order valence-electron chi connectivity index (χ0n) is 11.2. The smallest absolute Gasteiger partial charge is 0.224 e. The van der Waals surface area contributed by atoms with E-state index in [9.17, 15) is 4.79 Å². The van der Waals surface area contributed by atoms with Crippen molar-refractivity contribution in [2.75, 3.05) is 12.4 Å². The van der Waals surface area contributed by atoms with Crippen LogP contribution in [0.15, 0.2) is 53.0 Å². The van der Waals surface area contributed by atoms with Crippen molar-refractivity contribution in [1.82, 2.24) is 0 Å². The molecular formula is C16H16BrNO2. The minimum Gasteiger partial charge on any atom is -0.497 e. The molecule has 104 valence electrons. The first kappa shape index (κ1) is 14.6. The van der Waals surface area contributed by atoms with Gasteiger partial charge < -0.3 is 10.1 Å². The molecule has 1 amide bonds. The third kappa shape index (κ3) is 4.38. The molecule has 0 radical (unpaired) electrons. The van der Waals surface area contributed by atoms with Crippen molar-refractivity contribution in [1.29, 1.82) is 0 Å². The Balaban J connectivity index is 1.88. The van der Waals surface area contributed by atoms with Gasteiger partial charge in [0.2, 0.25) is 5.91 Å². The Morgan fingerprint density at radius 3 is 2.75 bits per heavy atom. The minimum absolute atomic E-state index is 0.00548. The van der Waals surface area contributed by atoms with Gasteiger partial charge in [0, 0.05) is 16.6 Å². The molecule has 1 N–H and O–H groups in total. The van der Waals surface area contributed by atoms with Crippen molar-refractivity contribution in [2.45, 2.75) is 12.8 Å². The SMILES string of the molecule is COc1cccc(CCC(=O)Nc2cccc(Br)c2)c1. The van der Waals surface area contributed by atoms with Gasteiger partial charge in [0.25, 0.3) is 0 Å². The maximum absolute atomic E-state index is 11.9. The molecule has 0 bridgehead atoms. The van der Waals surface area contributed by atoms with Gasteiger partial charge in [0.15, 0.2) is 0 Å². The third-order valence-electron chi connectivity index (χ3n) is 2.88. The van der Waals surface area contributed by atoms with Gasteiger partial charge in [-0.1, -0.05) is 34.1 Å². The van der Waals surface area contributed by atoms with Crippen LogP contribution in [0.2, 0.25) is 0 Å². The Labute approximate surface area is 127 Å². The second-order valence-electron chi connectivity index (χ2n) is 4.41. The normalized spacial score (nSPS) is 10.1. The summed E-state index contributed by atoms with van der Waals surface area (Å²) in [5.74, 6) is 0.820. The molecule has 0 aromatic heterocycles. The fraction of sp³-hybridized carbons (Fsp3) is 0.188. The highest BCUT2D eigenvalue weighted by atomic mass is 79.9. The van der Waals surface area contributed by atoms with Gasteiger partial charge in [0.05, 0.1) is 7.11 Å². The third-order valence-corrected chi connectivity index (χ3v) is 3.38. The van der Waals surface area contributed by atoms with Crippen LogP contribution >= 0.6 is 15.9 Å². The number of benzene rings is 2. The second-order valence-corrected chi connectivity index (χ2v) is 5.33. The number of carbonyl (C=O) groups is 1. The monoisotopic (exact) mass is 333 g/mol. The molecule has 0 atom stereocenters. The van der Waals surface area contributed by atoms with Gasteiger partial charge in [-0.15, -0.1) is 0 Å². The summed E-state index contributed by atoms with van der Waals surface area (Å²) in [6.07, 6.45) is 1.14. The van der Waals surface area contributed by atoms with E-state index in [1.54, 1.807) is 7.11 Å². The standard InChI is InChI=1S/C16H16BrNO2/c1-20-15-7-2-4-12(10-15)8-9-16(19)18-14-6-3-5-13(17)11-14/h2-7,10-11H,8-9H2,1H3,(H,18,19). The molecule has 0 aliphatic heterocycles. The zero-order chi connectivity index (χ0) is 14.4. The highest BCUT2D eigenvalue weighted by Crippen LogP contribution is 2.17. The Kier molecular flexibility index (Phi) is 5.18. The van der Waals surface area contributed by atoms with Crippen molar-refractivity contribution in [3.63, 3.8) is 0 Å². The molecule has 2 aromatic rings. The summed E-state index contributed by atoms with van der Waals surface area (Å²) in [4.78, 5) is 11.9. The molecule has 4 heteroatoms. The van der Waals surface area contributed by atoms with E-state index in [0.717, 1.165) is 21.5 Å². The Bertz CT molecular complexity index is 599. The number of carbonyl (C=O) groups excluding carboxylic acids is 1. The molecule has 0 fully saturated rings. The number of ether oxygens (including phenoxy) is 1. The van der Waals surface area contributed by atoms with Crippen LogP contribution in [0.4, 0.5) is 5.69 Å². The second kappa shape index (κ2) is 7.10. The number of anilines is 1. The van der Waals surface area contributed by atoms with Crippen molar-refractivity contribution in [3.8, 4) is 5.75 Å². The van der Waals surface area contributed by atoms with Crippen molar-refractivity contribution >= 4 is 27.5 Å². The van der Waals surface area contributed by atoms with Crippen molar-refractivity contribution < 1.29 is 9.53 Å². The quantitative estimate of drug-likeness (QED) is 0.897. The molecule has 20 heavy (non-hydrogen) atoms. The van der Waals surface area contributed by atoms with E-state index >= 15 is 0 Å². The molecule has 2 rings (SSSR count). The van der Waals surface area contributed by atoms with Gasteiger partial charge in [-0.3, -0.25) is 4.79 Å². The lowest BCUT2D eigenvalue weighted by molar-refractivity contribution is -0.116. The van der Waals surface area contributed by atoms with Crippen LogP contribution in [0.25, 0.3) is 0 Å². The molecular weight excluding hydrogens is 318 g/mol. The van der Waals surface area contributed by atoms with Gasteiger partial charge >= 0.3 is 0 Å². The maximum Gasteiger partial charge on any atom is 0.224 e. The summed E-state index contributed by atoms with van der Waals surface area (Å²) in [5.41, 5.74) is 1.89. The highest BCUT2D eigenvalue weighted by molar-refractivity contribution is 9.10. The molecule has 0 aliphatic carbocycles. The van der Waals surface area contributed by atoms with E-state index in [4.69, 9.17) is 4.74 Å². The maximum atomic E-state index is 11.9. The largest absolute Gasteiger partial charge is 0.497 e. The average Bonchev–Trinajstić information content (AvgIpc) is 2.45. The molecule has 0 aliphatic rings. The topological polar surface area (TPSA) is 38.3 Å². The molecule has 0 saturated heterocycles. The first-order valence-corrected chi connectivity index (χ1v) is 7.15. The van der Waals surface area contributed by atoms with Crippen LogP contribution in [0.3, 0.4) is 0 Å². The molecule has 0 saturated carbocycles. The lowest BCUT2D eigenvalue weighted by atomic mass is 10.1. The van der Waals surface area contributed by atoms with E-state index in [1.807, 2.05) is 48.5 Å². The number of hydrogen-bond acceptors (Lipinski definition) is 2. The number of nitrogens with one attached hydrogen (secondary N) is 1. The van der Waals surface area contributed by atoms with Crippen LogP contribution in [0, 0.1) is 0 Å². The van der Waals surface area contributed by atoms with E-state index in [2.05, 4.69) is 21.2 Å². The zero-order valence-corrected chi connectivity index (χ0v) is 12.8. The average molecular weight is 334 g/mol. The van der Waals surface area contributed by atoms with Crippen molar-refractivity contribution in [2.24, 2.45) is 0 Å². The summed E-state index contributed by atoms with van der Waals surface area (Å²) >= 11 is 3.38. The fourth-order valence-corrected chi connectivity index (χ4v) is 2.27. The van der Waals surface area contributed by atoms with Gasteiger partial charge in [0.1, 0.15) is 5.75 Å². The molecule has 3 nitrogen and oxygen atoms in total. The lowest BCUT2D eigenvalue weighted by Crippen LogP contribution is -2.12. The number of rotatable bonds is 5. The van der Waals surface area contributed by atoms with E-state index in [-0.39, 0.29) is 5.91 Å². The summed E-state index contributed by atoms with van der Waals surface area (Å²) in [6, 6.07) is 15.3. The van der Waals surface area contributed by atoms with E-state index in [0.29, 0.717) is 12.8 Å². The minimum atomic E-state index is 0.00548. The molecule has 2 aromatic carbocycles. The number of amides is 1. The van der Waals surface area contributed by atoms with E-state index in [1.165, 1.54) is 0 Å². The number of hydrogen-bond donors (Lipinski definition) is 1. The van der Waals surface area contributed by atoms with Crippen LogP contribution in [0.5, 0.6) is 5.75 Å².